The molecule has 0 atom stereocenters. The number of amides is 3. The topological polar surface area (TPSA) is 109 Å². The number of aryl methyl sites for hydroxylation is 1. The number of thioether (sulfide) groups is 1. The maximum absolute atomic E-state index is 12.1. The van der Waals surface area contributed by atoms with Crippen LogP contribution in [-0.4, -0.2) is 68.1 Å². The van der Waals surface area contributed by atoms with E-state index in [0.29, 0.717) is 37.3 Å². The van der Waals surface area contributed by atoms with Crippen LogP contribution in [-0.2, 0) is 24.4 Å². The van der Waals surface area contributed by atoms with Gasteiger partial charge in [-0.3, -0.25) is 9.48 Å². The highest BCUT2D eigenvalue weighted by Gasteiger charge is 2.23. The number of aromatic nitrogens is 4. The SMILES string of the molecule is Cc1nnc(SCC(=O)NCc2cc3n(n2)CCN(C(=O)N(C)C)C3)o1. The predicted octanol–water partition coefficient (Wildman–Crippen LogP) is 0.480. The van der Waals surface area contributed by atoms with E-state index in [9.17, 15) is 9.59 Å². The van der Waals surface area contributed by atoms with Crippen LogP contribution >= 0.6 is 11.8 Å². The number of nitrogens with zero attached hydrogens (tertiary/aromatic N) is 6. The Morgan fingerprint density at radius 3 is 2.85 bits per heavy atom. The van der Waals surface area contributed by atoms with Crippen molar-refractivity contribution in [1.29, 1.82) is 0 Å². The zero-order valence-corrected chi connectivity index (χ0v) is 15.7. The Morgan fingerprint density at radius 1 is 1.35 bits per heavy atom. The van der Waals surface area contributed by atoms with Crippen molar-refractivity contribution in [2.24, 2.45) is 0 Å². The second kappa shape index (κ2) is 7.77. The van der Waals surface area contributed by atoms with Gasteiger partial charge in [-0.05, 0) is 6.07 Å². The molecular weight excluding hydrogens is 358 g/mol. The molecule has 1 aliphatic heterocycles. The maximum Gasteiger partial charge on any atom is 0.319 e. The van der Waals surface area contributed by atoms with E-state index < -0.39 is 0 Å². The third kappa shape index (κ3) is 4.34. The molecule has 0 saturated carbocycles. The number of hydrogen-bond donors (Lipinski definition) is 1. The quantitative estimate of drug-likeness (QED) is 0.753. The summed E-state index contributed by atoms with van der Waals surface area (Å²) in [5, 5.41) is 15.2. The molecule has 2 aromatic rings. The molecule has 10 nitrogen and oxygen atoms in total. The third-order valence-corrected chi connectivity index (χ3v) is 4.62. The monoisotopic (exact) mass is 379 g/mol. The van der Waals surface area contributed by atoms with E-state index in [0.717, 1.165) is 11.4 Å². The highest BCUT2D eigenvalue weighted by Crippen LogP contribution is 2.16. The average molecular weight is 379 g/mol. The Labute approximate surface area is 154 Å². The van der Waals surface area contributed by atoms with Crippen LogP contribution in [0.3, 0.4) is 0 Å². The number of carbonyl (C=O) groups is 2. The van der Waals surface area contributed by atoms with E-state index in [1.807, 2.05) is 10.7 Å². The second-order valence-electron chi connectivity index (χ2n) is 6.10. The van der Waals surface area contributed by atoms with Crippen LogP contribution in [0.15, 0.2) is 15.7 Å². The molecule has 0 unspecified atom stereocenters. The van der Waals surface area contributed by atoms with Gasteiger partial charge in [0.15, 0.2) is 0 Å². The van der Waals surface area contributed by atoms with Crippen molar-refractivity contribution in [3.63, 3.8) is 0 Å². The minimum absolute atomic E-state index is 0.0133. The molecule has 3 amide bonds. The normalized spacial score (nSPS) is 13.4. The van der Waals surface area contributed by atoms with Gasteiger partial charge in [-0.25, -0.2) is 4.79 Å². The maximum atomic E-state index is 12.1. The summed E-state index contributed by atoms with van der Waals surface area (Å²) in [7, 11) is 3.48. The summed E-state index contributed by atoms with van der Waals surface area (Å²) in [5.41, 5.74) is 1.73. The highest BCUT2D eigenvalue weighted by atomic mass is 32.2. The van der Waals surface area contributed by atoms with Crippen LogP contribution in [0.5, 0.6) is 0 Å². The lowest BCUT2D eigenvalue weighted by Gasteiger charge is -2.29. The van der Waals surface area contributed by atoms with Crippen LogP contribution in [0.4, 0.5) is 4.79 Å². The molecule has 1 aliphatic rings. The first-order chi connectivity index (χ1) is 12.4. The lowest BCUT2D eigenvalue weighted by atomic mass is 10.3. The first-order valence-corrected chi connectivity index (χ1v) is 9.12. The van der Waals surface area contributed by atoms with Gasteiger partial charge < -0.3 is 19.5 Å². The molecule has 11 heteroatoms. The number of rotatable bonds is 5. The molecular formula is C15H21N7O3S. The van der Waals surface area contributed by atoms with Crippen LogP contribution in [0.25, 0.3) is 0 Å². The van der Waals surface area contributed by atoms with Gasteiger partial charge in [-0.1, -0.05) is 11.8 Å². The summed E-state index contributed by atoms with van der Waals surface area (Å²) in [5.74, 6) is 0.528. The van der Waals surface area contributed by atoms with E-state index in [1.54, 1.807) is 30.8 Å². The van der Waals surface area contributed by atoms with Gasteiger partial charge in [-0.2, -0.15) is 5.10 Å². The van der Waals surface area contributed by atoms with Crippen LogP contribution < -0.4 is 5.32 Å². The van der Waals surface area contributed by atoms with Crippen LogP contribution in [0.2, 0.25) is 0 Å². The molecule has 3 rings (SSSR count). The number of carbonyl (C=O) groups excluding carboxylic acids is 2. The van der Waals surface area contributed by atoms with Crippen molar-refractivity contribution in [1.82, 2.24) is 35.1 Å². The molecule has 26 heavy (non-hydrogen) atoms. The van der Waals surface area contributed by atoms with Gasteiger partial charge in [0.2, 0.25) is 11.8 Å². The minimum Gasteiger partial charge on any atom is -0.416 e. The Balaban J connectivity index is 1.49. The summed E-state index contributed by atoms with van der Waals surface area (Å²) < 4.78 is 7.09. The minimum atomic E-state index is -0.138. The van der Waals surface area contributed by atoms with E-state index in [4.69, 9.17) is 4.42 Å². The first-order valence-electron chi connectivity index (χ1n) is 8.14. The van der Waals surface area contributed by atoms with Crippen LogP contribution in [0, 0.1) is 6.92 Å². The Hall–Kier alpha value is -2.56. The molecule has 2 aromatic heterocycles. The van der Waals surface area contributed by atoms with Crippen molar-refractivity contribution in [3.8, 4) is 0 Å². The molecule has 3 heterocycles. The van der Waals surface area contributed by atoms with E-state index in [1.165, 1.54) is 11.8 Å². The largest absolute Gasteiger partial charge is 0.416 e. The van der Waals surface area contributed by atoms with Gasteiger partial charge in [0.1, 0.15) is 0 Å². The highest BCUT2D eigenvalue weighted by molar-refractivity contribution is 7.99. The van der Waals surface area contributed by atoms with Gasteiger partial charge in [-0.15, -0.1) is 10.2 Å². The summed E-state index contributed by atoms with van der Waals surface area (Å²) in [6.45, 7) is 3.83. The zero-order valence-electron chi connectivity index (χ0n) is 14.9. The predicted molar refractivity (Wildman–Crippen MR) is 93.3 cm³/mol. The van der Waals surface area contributed by atoms with Gasteiger partial charge in [0.25, 0.3) is 5.22 Å². The molecule has 140 valence electrons. The molecule has 0 aromatic carbocycles. The fourth-order valence-electron chi connectivity index (χ4n) is 2.56. The average Bonchev–Trinajstić information content (AvgIpc) is 3.22. The first kappa shape index (κ1) is 18.2. The fourth-order valence-corrected chi connectivity index (χ4v) is 3.20. The number of hydrogen-bond acceptors (Lipinski definition) is 7. The Kier molecular flexibility index (Phi) is 5.45. The van der Waals surface area contributed by atoms with E-state index in [-0.39, 0.29) is 17.7 Å². The van der Waals surface area contributed by atoms with Gasteiger partial charge in [0, 0.05) is 27.6 Å². The third-order valence-electron chi connectivity index (χ3n) is 3.80. The standard InChI is InChI=1S/C15H21N7O3S/c1-10-17-18-14(25-10)26-9-13(23)16-7-11-6-12-8-21(15(24)20(2)3)4-5-22(12)19-11/h6H,4-5,7-9H2,1-3H3,(H,16,23). The van der Waals surface area contributed by atoms with E-state index >= 15 is 0 Å². The number of urea groups is 1. The number of fused-ring (bicyclic) bond motifs is 1. The molecule has 0 radical (unpaired) electrons. The summed E-state index contributed by atoms with van der Waals surface area (Å²) in [6, 6.07) is 1.91. The van der Waals surface area contributed by atoms with Gasteiger partial charge in [0.05, 0.1) is 36.8 Å². The van der Waals surface area contributed by atoms with Gasteiger partial charge >= 0.3 is 6.03 Å². The summed E-state index contributed by atoms with van der Waals surface area (Å²) in [4.78, 5) is 27.4. The molecule has 1 N–H and O–H groups in total. The smallest absolute Gasteiger partial charge is 0.319 e. The molecule has 0 saturated heterocycles. The van der Waals surface area contributed by atoms with Crippen molar-refractivity contribution >= 4 is 23.7 Å². The molecule has 0 spiro atoms. The second-order valence-corrected chi connectivity index (χ2v) is 7.03. The lowest BCUT2D eigenvalue weighted by Crippen LogP contribution is -2.43. The molecule has 0 fully saturated rings. The molecule has 0 bridgehead atoms. The summed E-state index contributed by atoms with van der Waals surface area (Å²) in [6.07, 6.45) is 0. The summed E-state index contributed by atoms with van der Waals surface area (Å²) >= 11 is 1.19. The Morgan fingerprint density at radius 2 is 2.15 bits per heavy atom. The number of nitrogens with one attached hydrogen (secondary N) is 1. The lowest BCUT2D eigenvalue weighted by molar-refractivity contribution is -0.118. The Bertz CT molecular complexity index is 801. The molecule has 0 aliphatic carbocycles. The van der Waals surface area contributed by atoms with Crippen LogP contribution in [0.1, 0.15) is 17.3 Å². The van der Waals surface area contributed by atoms with Crippen molar-refractivity contribution in [2.75, 3.05) is 26.4 Å². The van der Waals surface area contributed by atoms with Crippen molar-refractivity contribution in [2.45, 2.75) is 31.8 Å². The van der Waals surface area contributed by atoms with E-state index in [2.05, 4.69) is 20.6 Å². The van der Waals surface area contributed by atoms with Crippen molar-refractivity contribution < 1.29 is 14.0 Å². The zero-order chi connectivity index (χ0) is 18.7. The van der Waals surface area contributed by atoms with Crippen molar-refractivity contribution in [3.05, 3.63) is 23.3 Å². The fraction of sp³-hybridized carbons (Fsp3) is 0.533.